The zero-order valence-corrected chi connectivity index (χ0v) is 9.52. The molecule has 0 spiro atoms. The van der Waals surface area contributed by atoms with Crippen molar-refractivity contribution in [2.24, 2.45) is 5.92 Å². The molecule has 1 heterocycles. The van der Waals surface area contributed by atoms with E-state index >= 15 is 0 Å². The van der Waals surface area contributed by atoms with E-state index < -0.39 is 0 Å². The Kier molecular flexibility index (Phi) is 3.29. The van der Waals surface area contributed by atoms with Gasteiger partial charge in [0.2, 0.25) is 0 Å². The lowest BCUT2D eigenvalue weighted by Crippen LogP contribution is -2.15. The zero-order chi connectivity index (χ0) is 10.8. The molecule has 0 unspecified atom stereocenters. The molecule has 80 valence electrons. The maximum Gasteiger partial charge on any atom is 0.169 e. The third kappa shape index (κ3) is 2.33. The second kappa shape index (κ2) is 4.52. The predicted molar refractivity (Wildman–Crippen MR) is 59.7 cm³/mol. The number of benzene rings is 1. The van der Waals surface area contributed by atoms with Crippen LogP contribution >= 0.6 is 23.2 Å². The van der Waals surface area contributed by atoms with Crippen LogP contribution in [0, 0.1) is 5.92 Å². The Labute approximate surface area is 98.1 Å². The largest absolute Gasteiger partial charge is 0.381 e. The van der Waals surface area contributed by atoms with E-state index in [1.807, 2.05) is 0 Å². The lowest BCUT2D eigenvalue weighted by atomic mass is 9.97. The molecule has 0 aliphatic carbocycles. The molecule has 0 aromatic heterocycles. The molecule has 2 rings (SSSR count). The van der Waals surface area contributed by atoms with Crippen molar-refractivity contribution in [3.05, 3.63) is 33.8 Å². The van der Waals surface area contributed by atoms with Gasteiger partial charge in [0.1, 0.15) is 0 Å². The van der Waals surface area contributed by atoms with E-state index in [-0.39, 0.29) is 11.7 Å². The van der Waals surface area contributed by atoms with Gasteiger partial charge < -0.3 is 4.74 Å². The first kappa shape index (κ1) is 10.9. The number of carbonyl (C=O) groups is 1. The highest BCUT2D eigenvalue weighted by molar-refractivity contribution is 6.36. The summed E-state index contributed by atoms with van der Waals surface area (Å²) in [6.45, 7) is 1.14. The third-order valence-corrected chi connectivity index (χ3v) is 3.06. The normalized spacial score (nSPS) is 20.5. The molecule has 1 aliphatic heterocycles. The highest BCUT2D eigenvalue weighted by Gasteiger charge is 2.26. The maximum atomic E-state index is 12.0. The number of ketones is 1. The Hall–Kier alpha value is -0.570. The first-order valence-corrected chi connectivity index (χ1v) is 5.51. The van der Waals surface area contributed by atoms with Crippen LogP contribution in [-0.4, -0.2) is 19.0 Å². The first-order valence-electron chi connectivity index (χ1n) is 4.75. The quantitative estimate of drug-likeness (QED) is 0.748. The summed E-state index contributed by atoms with van der Waals surface area (Å²) < 4.78 is 5.17. The van der Waals surface area contributed by atoms with Gasteiger partial charge in [-0.25, -0.2) is 0 Å². The van der Waals surface area contributed by atoms with Crippen LogP contribution in [0.2, 0.25) is 10.0 Å². The molecular weight excluding hydrogens is 235 g/mol. The summed E-state index contributed by atoms with van der Waals surface area (Å²) in [5.74, 6) is -0.0408. The summed E-state index contributed by atoms with van der Waals surface area (Å²) >= 11 is 11.8. The minimum atomic E-state index is -0.0685. The average Bonchev–Trinajstić information content (AvgIpc) is 2.74. The van der Waals surface area contributed by atoms with Crippen molar-refractivity contribution in [1.82, 2.24) is 0 Å². The Morgan fingerprint density at radius 2 is 2.20 bits per heavy atom. The van der Waals surface area contributed by atoms with Gasteiger partial charge in [-0.2, -0.15) is 0 Å². The van der Waals surface area contributed by atoms with E-state index in [4.69, 9.17) is 27.9 Å². The lowest BCUT2D eigenvalue weighted by molar-refractivity contribution is 0.0900. The highest BCUT2D eigenvalue weighted by Crippen LogP contribution is 2.26. The van der Waals surface area contributed by atoms with Gasteiger partial charge in [-0.15, -0.1) is 0 Å². The van der Waals surface area contributed by atoms with Gasteiger partial charge >= 0.3 is 0 Å². The topological polar surface area (TPSA) is 26.3 Å². The van der Waals surface area contributed by atoms with Crippen molar-refractivity contribution in [2.75, 3.05) is 13.2 Å². The monoisotopic (exact) mass is 244 g/mol. The molecule has 1 aromatic carbocycles. The standard InChI is InChI=1S/C11H10Cl2O2/c12-8-1-2-10(13)9(5-8)11(14)7-3-4-15-6-7/h1-2,5,7H,3-4,6H2/t7-/m1/s1. The summed E-state index contributed by atoms with van der Waals surface area (Å²) in [6.07, 6.45) is 0.766. The summed E-state index contributed by atoms with van der Waals surface area (Å²) in [7, 11) is 0. The number of rotatable bonds is 2. The smallest absolute Gasteiger partial charge is 0.169 e. The Morgan fingerprint density at radius 1 is 1.40 bits per heavy atom. The number of hydrogen-bond acceptors (Lipinski definition) is 2. The predicted octanol–water partition coefficient (Wildman–Crippen LogP) is 3.21. The van der Waals surface area contributed by atoms with Gasteiger partial charge in [-0.05, 0) is 24.6 Å². The summed E-state index contributed by atoms with van der Waals surface area (Å²) in [5.41, 5.74) is 0.500. The van der Waals surface area contributed by atoms with Gasteiger partial charge in [-0.1, -0.05) is 23.2 Å². The summed E-state index contributed by atoms with van der Waals surface area (Å²) in [6, 6.07) is 4.93. The molecule has 1 atom stereocenters. The molecule has 0 amide bonds. The number of carbonyl (C=O) groups excluding carboxylic acids is 1. The van der Waals surface area contributed by atoms with E-state index in [1.54, 1.807) is 18.2 Å². The zero-order valence-electron chi connectivity index (χ0n) is 8.00. The van der Waals surface area contributed by atoms with Crippen molar-refractivity contribution in [3.8, 4) is 0 Å². The molecule has 1 aromatic rings. The fourth-order valence-electron chi connectivity index (χ4n) is 1.65. The Bertz CT molecular complexity index is 384. The molecule has 0 N–H and O–H groups in total. The van der Waals surface area contributed by atoms with E-state index in [2.05, 4.69) is 0 Å². The number of hydrogen-bond donors (Lipinski definition) is 0. The maximum absolute atomic E-state index is 12.0. The van der Waals surface area contributed by atoms with Crippen LogP contribution in [0.4, 0.5) is 0 Å². The summed E-state index contributed by atoms with van der Waals surface area (Å²) in [5, 5.41) is 0.984. The van der Waals surface area contributed by atoms with Crippen LogP contribution < -0.4 is 0 Å². The van der Waals surface area contributed by atoms with Gasteiger partial charge in [0, 0.05) is 23.1 Å². The number of ether oxygens (including phenoxy) is 1. The second-order valence-corrected chi connectivity index (χ2v) is 4.39. The van der Waals surface area contributed by atoms with Crippen molar-refractivity contribution in [3.63, 3.8) is 0 Å². The molecule has 1 aliphatic rings. The fourth-order valence-corrected chi connectivity index (χ4v) is 2.03. The van der Waals surface area contributed by atoms with Crippen molar-refractivity contribution in [1.29, 1.82) is 0 Å². The first-order chi connectivity index (χ1) is 7.18. The van der Waals surface area contributed by atoms with E-state index in [0.29, 0.717) is 28.8 Å². The molecule has 1 saturated heterocycles. The van der Waals surface area contributed by atoms with Crippen LogP contribution in [0.25, 0.3) is 0 Å². The van der Waals surface area contributed by atoms with Gasteiger partial charge in [0.05, 0.1) is 11.6 Å². The van der Waals surface area contributed by atoms with Crippen molar-refractivity contribution >= 4 is 29.0 Å². The van der Waals surface area contributed by atoms with E-state index in [9.17, 15) is 4.79 Å². The third-order valence-electron chi connectivity index (χ3n) is 2.49. The highest BCUT2D eigenvalue weighted by atomic mass is 35.5. The van der Waals surface area contributed by atoms with Gasteiger partial charge in [0.25, 0.3) is 0 Å². The number of halogens is 2. The molecule has 2 nitrogen and oxygen atoms in total. The second-order valence-electron chi connectivity index (χ2n) is 3.55. The van der Waals surface area contributed by atoms with Gasteiger partial charge in [-0.3, -0.25) is 4.79 Å². The molecule has 1 fully saturated rings. The molecule has 0 radical (unpaired) electrons. The lowest BCUT2D eigenvalue weighted by Gasteiger charge is -2.08. The van der Waals surface area contributed by atoms with E-state index in [1.165, 1.54) is 0 Å². The van der Waals surface area contributed by atoms with Crippen LogP contribution in [0.5, 0.6) is 0 Å². The van der Waals surface area contributed by atoms with Crippen LogP contribution in [0.15, 0.2) is 18.2 Å². The number of Topliss-reactive ketones (excluding diaryl/α,β-unsaturated/α-hetero) is 1. The minimum absolute atomic E-state index is 0.0278. The van der Waals surface area contributed by atoms with Crippen molar-refractivity contribution in [2.45, 2.75) is 6.42 Å². The molecular formula is C11H10Cl2O2. The van der Waals surface area contributed by atoms with Crippen LogP contribution in [0.1, 0.15) is 16.8 Å². The van der Waals surface area contributed by atoms with E-state index in [0.717, 1.165) is 6.42 Å². The average molecular weight is 245 g/mol. The molecule has 15 heavy (non-hydrogen) atoms. The Balaban J connectivity index is 2.27. The fraction of sp³-hybridized carbons (Fsp3) is 0.364. The van der Waals surface area contributed by atoms with Crippen molar-refractivity contribution < 1.29 is 9.53 Å². The molecule has 0 saturated carbocycles. The molecule has 4 heteroatoms. The van der Waals surface area contributed by atoms with Crippen LogP contribution in [0.3, 0.4) is 0 Å². The minimum Gasteiger partial charge on any atom is -0.381 e. The summed E-state index contributed by atoms with van der Waals surface area (Å²) in [4.78, 5) is 12.0. The SMILES string of the molecule is O=C(c1cc(Cl)ccc1Cl)[C@@H]1CCOC1. The molecule has 0 bridgehead atoms. The van der Waals surface area contributed by atoms with Crippen LogP contribution in [-0.2, 0) is 4.74 Å². The Morgan fingerprint density at radius 3 is 2.87 bits per heavy atom. The van der Waals surface area contributed by atoms with Gasteiger partial charge in [0.15, 0.2) is 5.78 Å².